The second-order valence-electron chi connectivity index (χ2n) is 5.65. The Hall–Kier alpha value is -2.76. The van der Waals surface area contributed by atoms with Crippen molar-refractivity contribution in [3.8, 4) is 11.5 Å². The quantitative estimate of drug-likeness (QED) is 0.117. The Bertz CT molecular complexity index is 815. The molecule has 2 rings (SSSR count). The lowest BCUT2D eigenvalue weighted by Crippen LogP contribution is -2.34. The first-order valence-corrected chi connectivity index (χ1v) is 8.84. The first-order valence-electron chi connectivity index (χ1n) is 8.84. The van der Waals surface area contributed by atoms with Crippen molar-refractivity contribution >= 4 is 47.0 Å². The van der Waals surface area contributed by atoms with Crippen LogP contribution in [0.3, 0.4) is 0 Å². The summed E-state index contributed by atoms with van der Waals surface area (Å²) in [7, 11) is 3.28. The Morgan fingerprint density at radius 2 is 1.79 bits per heavy atom. The fourth-order valence-corrected chi connectivity index (χ4v) is 2.42. The van der Waals surface area contributed by atoms with Gasteiger partial charge in [-0.3, -0.25) is 15.1 Å². The van der Waals surface area contributed by atoms with Gasteiger partial charge in [-0.2, -0.15) is 0 Å². The number of nitrogens with one attached hydrogen (secondary N) is 3. The van der Waals surface area contributed by atoms with Crippen LogP contribution < -0.4 is 25.4 Å². The number of guanidine groups is 1. The maximum Gasteiger partial charge on any atom is 0.269 e. The average Bonchev–Trinajstić information content (AvgIpc) is 2.71. The van der Waals surface area contributed by atoms with Crippen LogP contribution in [-0.4, -0.2) is 44.7 Å². The van der Waals surface area contributed by atoms with Gasteiger partial charge in [-0.25, -0.2) is 0 Å². The second kappa shape index (κ2) is 12.6. The highest BCUT2D eigenvalue weighted by molar-refractivity contribution is 14.0. The predicted molar refractivity (Wildman–Crippen MR) is 126 cm³/mol. The molecular weight excluding hydrogens is 489 g/mol. The molecule has 0 aliphatic heterocycles. The number of hydrogen-bond donors (Lipinski definition) is 3. The molecule has 0 fully saturated rings. The van der Waals surface area contributed by atoms with E-state index < -0.39 is 4.92 Å². The van der Waals surface area contributed by atoms with Crippen molar-refractivity contribution in [2.45, 2.75) is 6.92 Å². The second-order valence-corrected chi connectivity index (χ2v) is 5.65. The maximum atomic E-state index is 10.7. The molecule has 0 heterocycles. The van der Waals surface area contributed by atoms with Crippen molar-refractivity contribution in [2.75, 3.05) is 44.5 Å². The van der Waals surface area contributed by atoms with Crippen molar-refractivity contribution in [3.63, 3.8) is 0 Å². The lowest BCUT2D eigenvalue weighted by molar-refractivity contribution is -0.384. The number of nitro groups is 1. The largest absolute Gasteiger partial charge is 0.493 e. The third kappa shape index (κ3) is 7.64. The lowest BCUT2D eigenvalue weighted by atomic mass is 10.2. The molecule has 0 aliphatic rings. The topological polar surface area (TPSA) is 110 Å². The van der Waals surface area contributed by atoms with Gasteiger partial charge < -0.3 is 25.4 Å². The Morgan fingerprint density at radius 1 is 1.10 bits per heavy atom. The molecule has 158 valence electrons. The highest BCUT2D eigenvalue weighted by Crippen LogP contribution is 2.30. The molecule has 0 amide bonds. The molecule has 10 heteroatoms. The van der Waals surface area contributed by atoms with E-state index in [0.29, 0.717) is 37.2 Å². The number of methoxy groups -OCH3 is 1. The number of halogens is 1. The van der Waals surface area contributed by atoms with Gasteiger partial charge in [-0.15, -0.1) is 24.0 Å². The number of hydrogen-bond acceptors (Lipinski definition) is 6. The maximum absolute atomic E-state index is 10.7. The van der Waals surface area contributed by atoms with Gasteiger partial charge in [0.1, 0.15) is 0 Å². The van der Waals surface area contributed by atoms with Crippen LogP contribution in [0.5, 0.6) is 11.5 Å². The molecule has 3 N–H and O–H groups in total. The summed E-state index contributed by atoms with van der Waals surface area (Å²) in [6.45, 7) is 3.70. The van der Waals surface area contributed by atoms with Gasteiger partial charge in [0, 0.05) is 49.7 Å². The van der Waals surface area contributed by atoms with E-state index in [-0.39, 0.29) is 29.7 Å². The summed E-state index contributed by atoms with van der Waals surface area (Å²) < 4.78 is 10.9. The molecular formula is C19H26IN5O4. The first-order chi connectivity index (χ1) is 13.6. The van der Waals surface area contributed by atoms with Crippen LogP contribution in [0, 0.1) is 10.1 Å². The molecule has 0 spiro atoms. The molecule has 0 saturated heterocycles. The van der Waals surface area contributed by atoms with Crippen LogP contribution in [0.4, 0.5) is 17.1 Å². The Kier molecular flexibility index (Phi) is 10.6. The van der Waals surface area contributed by atoms with Crippen molar-refractivity contribution < 1.29 is 14.4 Å². The van der Waals surface area contributed by atoms with Crippen LogP contribution >= 0.6 is 24.0 Å². The normalized spacial score (nSPS) is 10.5. The minimum Gasteiger partial charge on any atom is -0.493 e. The molecule has 2 aromatic rings. The zero-order valence-electron chi connectivity index (χ0n) is 16.6. The number of anilines is 2. The Morgan fingerprint density at radius 3 is 2.38 bits per heavy atom. The third-order valence-electron chi connectivity index (χ3n) is 3.77. The van der Waals surface area contributed by atoms with Crippen molar-refractivity contribution in [1.29, 1.82) is 0 Å². The van der Waals surface area contributed by atoms with Crippen molar-refractivity contribution in [1.82, 2.24) is 5.32 Å². The zero-order chi connectivity index (χ0) is 20.4. The molecule has 0 aliphatic carbocycles. The van der Waals surface area contributed by atoms with Gasteiger partial charge in [0.05, 0.1) is 18.6 Å². The van der Waals surface area contributed by atoms with E-state index in [1.54, 1.807) is 26.3 Å². The average molecular weight is 515 g/mol. The molecule has 0 bridgehead atoms. The van der Waals surface area contributed by atoms with Crippen LogP contribution in [0.25, 0.3) is 0 Å². The molecule has 0 atom stereocenters. The van der Waals surface area contributed by atoms with Gasteiger partial charge in [-0.1, -0.05) is 0 Å². The summed E-state index contributed by atoms with van der Waals surface area (Å²) in [5.74, 6) is 1.93. The number of ether oxygens (including phenoxy) is 2. The number of rotatable bonds is 9. The lowest BCUT2D eigenvalue weighted by Gasteiger charge is -2.15. The van der Waals surface area contributed by atoms with Crippen LogP contribution in [-0.2, 0) is 0 Å². The fourth-order valence-electron chi connectivity index (χ4n) is 2.42. The smallest absolute Gasteiger partial charge is 0.269 e. The Labute approximate surface area is 187 Å². The Balaban J connectivity index is 0.00000420. The number of aliphatic imine (C=N–C) groups is 1. The predicted octanol–water partition coefficient (Wildman–Crippen LogP) is 3.72. The van der Waals surface area contributed by atoms with Gasteiger partial charge in [0.25, 0.3) is 5.69 Å². The fraction of sp³-hybridized carbons (Fsp3) is 0.316. The summed E-state index contributed by atoms with van der Waals surface area (Å²) in [6, 6.07) is 11.9. The minimum atomic E-state index is -0.420. The molecule has 0 saturated carbocycles. The van der Waals surface area contributed by atoms with E-state index >= 15 is 0 Å². The van der Waals surface area contributed by atoms with E-state index in [1.807, 2.05) is 25.1 Å². The molecule has 0 aromatic heterocycles. The number of nitrogens with zero attached hydrogens (tertiary/aromatic N) is 2. The molecule has 0 unspecified atom stereocenters. The summed E-state index contributed by atoms with van der Waals surface area (Å²) in [5.41, 5.74) is 1.70. The van der Waals surface area contributed by atoms with E-state index in [9.17, 15) is 10.1 Å². The van der Waals surface area contributed by atoms with E-state index in [0.717, 1.165) is 11.4 Å². The summed E-state index contributed by atoms with van der Waals surface area (Å²) in [6.07, 6.45) is 0. The van der Waals surface area contributed by atoms with E-state index in [2.05, 4.69) is 20.9 Å². The van der Waals surface area contributed by atoms with Crippen LogP contribution in [0.2, 0.25) is 0 Å². The third-order valence-corrected chi connectivity index (χ3v) is 3.77. The standard InChI is InChI=1S/C19H25N5O4.HI/c1-4-28-17-10-7-15(13-18(17)27-3)23-19(20-2)22-12-11-21-14-5-8-16(9-6-14)24(25)26;/h5-10,13,21H,4,11-12H2,1-3H3,(H2,20,22,23);1H. The molecule has 0 radical (unpaired) electrons. The summed E-state index contributed by atoms with van der Waals surface area (Å²) in [5, 5.41) is 20.2. The summed E-state index contributed by atoms with van der Waals surface area (Å²) in [4.78, 5) is 14.4. The SMILES string of the molecule is CCOc1ccc(NC(=NC)NCCNc2ccc([N+](=O)[O-])cc2)cc1OC.I. The molecule has 29 heavy (non-hydrogen) atoms. The van der Waals surface area contributed by atoms with E-state index in [4.69, 9.17) is 9.47 Å². The van der Waals surface area contributed by atoms with Gasteiger partial charge in [0.15, 0.2) is 17.5 Å². The number of nitro benzene ring substituents is 1. The number of benzene rings is 2. The first kappa shape index (κ1) is 24.3. The highest BCUT2D eigenvalue weighted by Gasteiger charge is 2.07. The van der Waals surface area contributed by atoms with Crippen molar-refractivity contribution in [2.24, 2.45) is 4.99 Å². The van der Waals surface area contributed by atoms with E-state index in [1.165, 1.54) is 12.1 Å². The van der Waals surface area contributed by atoms with Crippen LogP contribution in [0.15, 0.2) is 47.5 Å². The number of non-ortho nitro benzene ring substituents is 1. The summed E-state index contributed by atoms with van der Waals surface area (Å²) >= 11 is 0. The molecule has 9 nitrogen and oxygen atoms in total. The van der Waals surface area contributed by atoms with Gasteiger partial charge in [0.2, 0.25) is 0 Å². The minimum absolute atomic E-state index is 0. The van der Waals surface area contributed by atoms with Gasteiger partial charge in [-0.05, 0) is 31.2 Å². The van der Waals surface area contributed by atoms with Gasteiger partial charge >= 0.3 is 0 Å². The monoisotopic (exact) mass is 515 g/mol. The highest BCUT2D eigenvalue weighted by atomic mass is 127. The molecule has 2 aromatic carbocycles. The van der Waals surface area contributed by atoms with Crippen LogP contribution in [0.1, 0.15) is 6.92 Å². The van der Waals surface area contributed by atoms with Crippen molar-refractivity contribution in [3.05, 3.63) is 52.6 Å². The zero-order valence-corrected chi connectivity index (χ0v) is 18.9.